The number of ether oxygens (including phenoxy) is 5. The van der Waals surface area contributed by atoms with Gasteiger partial charge < -0.3 is 23.7 Å². The first-order valence-electron chi connectivity index (χ1n) is 12.7. The van der Waals surface area contributed by atoms with E-state index in [1.807, 2.05) is 12.2 Å². The number of rotatable bonds is 9. The zero-order valence-electron chi connectivity index (χ0n) is 22.0. The number of benzene rings is 2. The van der Waals surface area contributed by atoms with Crippen LogP contribution in [0.15, 0.2) is 83.2 Å². The molecule has 0 aromatic heterocycles. The molecular weight excluding hydrogens is 506 g/mol. The van der Waals surface area contributed by atoms with Crippen molar-refractivity contribution in [3.8, 4) is 5.75 Å². The molecule has 0 saturated carbocycles. The molecule has 2 aromatic carbocycles. The maximum atomic E-state index is 14.5. The first-order valence-corrected chi connectivity index (χ1v) is 12.7. The van der Waals surface area contributed by atoms with Gasteiger partial charge in [0.05, 0.1) is 18.8 Å². The largest absolute Gasteiger partial charge is 0.465 e. The molecule has 1 unspecified atom stereocenters. The third-order valence-corrected chi connectivity index (χ3v) is 7.31. The minimum Gasteiger partial charge on any atom is -0.465 e. The molecule has 204 valence electrons. The molecular formula is C31H30F2O6. The summed E-state index contributed by atoms with van der Waals surface area (Å²) in [5.41, 5.74) is 6.22. The second-order valence-electron chi connectivity index (χ2n) is 9.72. The molecule has 0 radical (unpaired) electrons. The van der Waals surface area contributed by atoms with Gasteiger partial charge in [0.15, 0.2) is 0 Å². The summed E-state index contributed by atoms with van der Waals surface area (Å²) in [5, 5.41) is 0. The molecule has 1 heterocycles. The normalized spacial score (nSPS) is 21.1. The summed E-state index contributed by atoms with van der Waals surface area (Å²) in [5.74, 6) is -1.06. The monoisotopic (exact) mass is 536 g/mol. The van der Waals surface area contributed by atoms with Crippen molar-refractivity contribution in [2.45, 2.75) is 25.0 Å². The van der Waals surface area contributed by atoms with Gasteiger partial charge in [0, 0.05) is 27.4 Å². The SMILES string of the molecule is COC[C@@H](OC)[C@@H](OC)c1cc(F)cc(OC=C2C=CC3=C(C2)CC2C(=O)OCC2=C3c2ccc(F)cc2)c1. The number of hydrogen-bond donors (Lipinski definition) is 0. The van der Waals surface area contributed by atoms with Gasteiger partial charge in [0.25, 0.3) is 0 Å². The van der Waals surface area contributed by atoms with Gasteiger partial charge >= 0.3 is 5.97 Å². The molecule has 8 heteroatoms. The average Bonchev–Trinajstić information content (AvgIpc) is 3.30. The zero-order chi connectivity index (χ0) is 27.5. The Morgan fingerprint density at radius 2 is 1.82 bits per heavy atom. The Bertz CT molecular complexity index is 1370. The van der Waals surface area contributed by atoms with E-state index in [4.69, 9.17) is 23.7 Å². The Labute approximate surface area is 226 Å². The van der Waals surface area contributed by atoms with E-state index in [2.05, 4.69) is 0 Å². The maximum Gasteiger partial charge on any atom is 0.313 e. The molecule has 39 heavy (non-hydrogen) atoms. The van der Waals surface area contributed by atoms with Crippen LogP contribution in [0, 0.1) is 17.6 Å². The number of halogens is 2. The lowest BCUT2D eigenvalue weighted by Gasteiger charge is -2.28. The van der Waals surface area contributed by atoms with Crippen LogP contribution < -0.4 is 4.74 Å². The molecule has 2 aromatic rings. The number of cyclic esters (lactones) is 1. The summed E-state index contributed by atoms with van der Waals surface area (Å²) < 4.78 is 55.7. The molecule has 0 bridgehead atoms. The van der Waals surface area contributed by atoms with Crippen LogP contribution in [0.3, 0.4) is 0 Å². The van der Waals surface area contributed by atoms with Crippen molar-refractivity contribution in [1.82, 2.24) is 0 Å². The lowest BCUT2D eigenvalue weighted by molar-refractivity contribution is -0.141. The Balaban J connectivity index is 1.39. The van der Waals surface area contributed by atoms with Crippen LogP contribution in [0.4, 0.5) is 8.78 Å². The highest BCUT2D eigenvalue weighted by Crippen LogP contribution is 2.47. The number of hydrogen-bond acceptors (Lipinski definition) is 6. The molecule has 2 aliphatic carbocycles. The summed E-state index contributed by atoms with van der Waals surface area (Å²) in [7, 11) is 4.64. The smallest absolute Gasteiger partial charge is 0.313 e. The molecule has 0 N–H and O–H groups in total. The highest BCUT2D eigenvalue weighted by Gasteiger charge is 2.39. The van der Waals surface area contributed by atoms with Crippen molar-refractivity contribution >= 4 is 11.5 Å². The van der Waals surface area contributed by atoms with E-state index >= 15 is 0 Å². The fourth-order valence-electron chi connectivity index (χ4n) is 5.46. The fraction of sp³-hybridized carbons (Fsp3) is 0.323. The van der Waals surface area contributed by atoms with Crippen molar-refractivity contribution < 1.29 is 37.3 Å². The molecule has 1 fully saturated rings. The number of fused-ring (bicyclic) bond motifs is 1. The van der Waals surface area contributed by atoms with Crippen molar-refractivity contribution in [1.29, 1.82) is 0 Å². The third kappa shape index (κ3) is 5.59. The zero-order valence-corrected chi connectivity index (χ0v) is 22.0. The first kappa shape index (κ1) is 27.0. The van der Waals surface area contributed by atoms with E-state index in [9.17, 15) is 13.6 Å². The van der Waals surface area contributed by atoms with Crippen molar-refractivity contribution in [3.63, 3.8) is 0 Å². The molecule has 0 spiro atoms. The van der Waals surface area contributed by atoms with E-state index in [0.717, 1.165) is 33.4 Å². The van der Waals surface area contributed by atoms with Gasteiger partial charge in [-0.15, -0.1) is 0 Å². The van der Waals surface area contributed by atoms with Crippen molar-refractivity contribution in [3.05, 3.63) is 106 Å². The minimum atomic E-state index is -0.554. The molecule has 1 aliphatic heterocycles. The summed E-state index contributed by atoms with van der Waals surface area (Å²) in [4.78, 5) is 12.5. The van der Waals surface area contributed by atoms with Crippen LogP contribution in [0.5, 0.6) is 5.75 Å². The summed E-state index contributed by atoms with van der Waals surface area (Å²) in [6.45, 7) is 0.518. The number of esters is 1. The molecule has 6 nitrogen and oxygen atoms in total. The Morgan fingerprint density at radius 1 is 1.03 bits per heavy atom. The minimum absolute atomic E-state index is 0.240. The second kappa shape index (κ2) is 11.7. The lowest BCUT2D eigenvalue weighted by Crippen LogP contribution is -2.27. The highest BCUT2D eigenvalue weighted by molar-refractivity contribution is 5.94. The van der Waals surface area contributed by atoms with E-state index in [0.29, 0.717) is 24.2 Å². The van der Waals surface area contributed by atoms with Gasteiger partial charge in [0.2, 0.25) is 0 Å². The maximum absolute atomic E-state index is 14.5. The van der Waals surface area contributed by atoms with Crippen LogP contribution in [0.25, 0.3) is 5.57 Å². The Hall–Kier alpha value is -3.59. The molecule has 3 aliphatic rings. The molecule has 5 rings (SSSR count). The van der Waals surface area contributed by atoms with Gasteiger partial charge in [-0.05, 0) is 70.5 Å². The molecule has 0 amide bonds. The summed E-state index contributed by atoms with van der Waals surface area (Å²) in [6, 6.07) is 10.7. The van der Waals surface area contributed by atoms with Gasteiger partial charge in [0.1, 0.15) is 36.2 Å². The van der Waals surface area contributed by atoms with E-state index in [1.54, 1.807) is 38.7 Å². The fourth-order valence-corrected chi connectivity index (χ4v) is 5.46. The van der Waals surface area contributed by atoms with Crippen molar-refractivity contribution in [2.75, 3.05) is 34.5 Å². The van der Waals surface area contributed by atoms with Gasteiger partial charge in [-0.2, -0.15) is 0 Å². The van der Waals surface area contributed by atoms with Gasteiger partial charge in [-0.3, -0.25) is 4.79 Å². The quantitative estimate of drug-likeness (QED) is 0.295. The average molecular weight is 537 g/mol. The molecule has 3 atom stereocenters. The predicted octanol–water partition coefficient (Wildman–Crippen LogP) is 5.86. The highest BCUT2D eigenvalue weighted by atomic mass is 19.1. The number of allylic oxidation sites excluding steroid dienone is 6. The van der Waals surface area contributed by atoms with E-state index in [-0.39, 0.29) is 30.9 Å². The number of carbonyl (C=O) groups is 1. The standard InChI is InChI=1S/C31H30F2O6/c1-35-17-28(36-2)30(37-3)21-11-23(33)14-24(12-21)38-15-18-4-9-25-20(10-18)13-26-27(16-39-31(26)34)29(25)19-5-7-22(32)8-6-19/h4-9,11-12,14-15,26,28,30H,10,13,16-17H2,1-3H3/t26?,28-,30+/m1/s1. The summed E-state index contributed by atoms with van der Waals surface area (Å²) in [6.07, 6.45) is 5.64. The van der Waals surface area contributed by atoms with Crippen LogP contribution >= 0.6 is 0 Å². The van der Waals surface area contributed by atoms with Crippen LogP contribution in [-0.2, 0) is 23.7 Å². The summed E-state index contributed by atoms with van der Waals surface area (Å²) >= 11 is 0. The number of carbonyl (C=O) groups excluding carboxylic acids is 1. The van der Waals surface area contributed by atoms with Crippen LogP contribution in [-0.4, -0.2) is 46.6 Å². The second-order valence-corrected chi connectivity index (χ2v) is 9.72. The van der Waals surface area contributed by atoms with Gasteiger partial charge in [-0.1, -0.05) is 29.9 Å². The van der Waals surface area contributed by atoms with Crippen LogP contribution in [0.2, 0.25) is 0 Å². The van der Waals surface area contributed by atoms with Crippen LogP contribution in [0.1, 0.15) is 30.1 Å². The topological polar surface area (TPSA) is 63.2 Å². The molecule has 1 saturated heterocycles. The Kier molecular flexibility index (Phi) is 8.07. The van der Waals surface area contributed by atoms with E-state index in [1.165, 1.54) is 31.4 Å². The Morgan fingerprint density at radius 3 is 2.54 bits per heavy atom. The predicted molar refractivity (Wildman–Crippen MR) is 141 cm³/mol. The van der Waals surface area contributed by atoms with Crippen molar-refractivity contribution in [2.24, 2.45) is 5.92 Å². The van der Waals surface area contributed by atoms with Gasteiger partial charge in [-0.25, -0.2) is 8.78 Å². The van der Waals surface area contributed by atoms with E-state index < -0.39 is 18.0 Å². The third-order valence-electron chi connectivity index (χ3n) is 7.31. The lowest BCUT2D eigenvalue weighted by atomic mass is 9.74. The number of methoxy groups -OCH3 is 3. The first-order chi connectivity index (χ1) is 18.9.